The lowest BCUT2D eigenvalue weighted by Crippen LogP contribution is -2.42. The van der Waals surface area contributed by atoms with Crippen LogP contribution in [0.2, 0.25) is 0 Å². The van der Waals surface area contributed by atoms with Crippen molar-refractivity contribution < 1.29 is 4.79 Å². The summed E-state index contributed by atoms with van der Waals surface area (Å²) in [6.45, 7) is 5.56. The quantitative estimate of drug-likeness (QED) is 0.713. The molecule has 0 aliphatic carbocycles. The Morgan fingerprint density at radius 2 is 2.40 bits per heavy atom. The van der Waals surface area contributed by atoms with Crippen molar-refractivity contribution in [3.63, 3.8) is 0 Å². The Hall–Kier alpha value is -1.04. The van der Waals surface area contributed by atoms with Gasteiger partial charge in [0.25, 0.3) is 0 Å². The van der Waals surface area contributed by atoms with Gasteiger partial charge < -0.3 is 4.90 Å². The lowest BCUT2D eigenvalue weighted by Gasteiger charge is -2.31. The Morgan fingerprint density at radius 1 is 1.67 bits per heavy atom. The van der Waals surface area contributed by atoms with E-state index in [1.807, 2.05) is 11.8 Å². The fourth-order valence-electron chi connectivity index (χ4n) is 2.15. The highest BCUT2D eigenvalue weighted by Crippen LogP contribution is 2.19. The molecule has 1 aliphatic rings. The van der Waals surface area contributed by atoms with Crippen LogP contribution in [0.5, 0.6) is 0 Å². The third-order valence-corrected chi connectivity index (χ3v) is 3.06. The Balaban J connectivity index is 2.49. The lowest BCUT2D eigenvalue weighted by atomic mass is 9.97. The molecule has 1 heterocycles. The predicted octanol–water partition coefficient (Wildman–Crippen LogP) is 2.18. The number of nitrogens with zero attached hydrogens (tertiary/aromatic N) is 2. The van der Waals surface area contributed by atoms with Gasteiger partial charge in [0.05, 0.1) is 12.0 Å². The van der Waals surface area contributed by atoms with Crippen molar-refractivity contribution in [2.75, 3.05) is 13.1 Å². The van der Waals surface area contributed by atoms with E-state index in [1.54, 1.807) is 0 Å². The van der Waals surface area contributed by atoms with Crippen LogP contribution in [-0.4, -0.2) is 23.9 Å². The summed E-state index contributed by atoms with van der Waals surface area (Å²) in [5.74, 6) is 0.403. The molecule has 0 saturated carbocycles. The third-order valence-electron chi connectivity index (χ3n) is 3.06. The zero-order chi connectivity index (χ0) is 11.3. The van der Waals surface area contributed by atoms with E-state index in [0.717, 1.165) is 32.2 Å². The van der Waals surface area contributed by atoms with Crippen LogP contribution < -0.4 is 0 Å². The van der Waals surface area contributed by atoms with Crippen LogP contribution in [0.25, 0.3) is 0 Å². The molecule has 0 aromatic rings. The van der Waals surface area contributed by atoms with Gasteiger partial charge in [0.15, 0.2) is 0 Å². The smallest absolute Gasteiger partial charge is 0.225 e. The fraction of sp³-hybridized carbons (Fsp3) is 0.833. The summed E-state index contributed by atoms with van der Waals surface area (Å²) in [5.41, 5.74) is 0. The van der Waals surface area contributed by atoms with Crippen LogP contribution in [0.4, 0.5) is 0 Å². The van der Waals surface area contributed by atoms with Crippen molar-refractivity contribution in [3.05, 3.63) is 0 Å². The Labute approximate surface area is 92.1 Å². The van der Waals surface area contributed by atoms with Gasteiger partial charge in [-0.05, 0) is 19.3 Å². The molecule has 0 N–H and O–H groups in total. The van der Waals surface area contributed by atoms with Crippen molar-refractivity contribution in [3.8, 4) is 6.07 Å². The Morgan fingerprint density at radius 3 is 3.00 bits per heavy atom. The monoisotopic (exact) mass is 208 g/mol. The molecule has 0 spiro atoms. The second kappa shape index (κ2) is 5.75. The average Bonchev–Trinajstić information content (AvgIpc) is 2.28. The maximum Gasteiger partial charge on any atom is 0.225 e. The van der Waals surface area contributed by atoms with Crippen molar-refractivity contribution >= 4 is 5.91 Å². The molecule has 1 fully saturated rings. The van der Waals surface area contributed by atoms with Gasteiger partial charge in [0, 0.05) is 19.0 Å². The van der Waals surface area contributed by atoms with Gasteiger partial charge in [-0.15, -0.1) is 0 Å². The number of carbonyl (C=O) groups is 1. The first-order valence-electron chi connectivity index (χ1n) is 5.87. The molecule has 1 aliphatic heterocycles. The number of likely N-dealkylation sites (tertiary alicyclic amines) is 1. The number of amides is 1. The Bertz CT molecular complexity index is 257. The molecule has 1 saturated heterocycles. The molecule has 0 aromatic heterocycles. The van der Waals surface area contributed by atoms with Gasteiger partial charge >= 0.3 is 0 Å². The summed E-state index contributed by atoms with van der Waals surface area (Å²) in [6, 6.07) is 2.27. The molecular formula is C12H20N2O. The molecule has 2 unspecified atom stereocenters. The molecule has 3 nitrogen and oxygen atoms in total. The summed E-state index contributed by atoms with van der Waals surface area (Å²) < 4.78 is 0. The van der Waals surface area contributed by atoms with E-state index >= 15 is 0 Å². The topological polar surface area (TPSA) is 44.1 Å². The van der Waals surface area contributed by atoms with E-state index in [1.165, 1.54) is 0 Å². The van der Waals surface area contributed by atoms with Gasteiger partial charge in [-0.2, -0.15) is 5.26 Å². The second-order valence-corrected chi connectivity index (χ2v) is 4.44. The van der Waals surface area contributed by atoms with E-state index in [2.05, 4.69) is 13.0 Å². The minimum Gasteiger partial charge on any atom is -0.341 e. The maximum absolute atomic E-state index is 12.0. The van der Waals surface area contributed by atoms with Gasteiger partial charge in [0.2, 0.25) is 5.91 Å². The summed E-state index contributed by atoms with van der Waals surface area (Å²) in [6.07, 6.45) is 3.92. The van der Waals surface area contributed by atoms with Crippen LogP contribution in [-0.2, 0) is 4.79 Å². The summed E-state index contributed by atoms with van der Waals surface area (Å²) in [5, 5.41) is 8.84. The molecule has 0 aromatic carbocycles. The summed E-state index contributed by atoms with van der Waals surface area (Å²) in [4.78, 5) is 13.8. The molecule has 2 atom stereocenters. The first-order chi connectivity index (χ1) is 7.19. The predicted molar refractivity (Wildman–Crippen MR) is 59.0 cm³/mol. The van der Waals surface area contributed by atoms with E-state index in [0.29, 0.717) is 6.54 Å². The minimum atomic E-state index is 0.0523. The summed E-state index contributed by atoms with van der Waals surface area (Å²) in [7, 11) is 0. The van der Waals surface area contributed by atoms with Crippen LogP contribution in [0.15, 0.2) is 0 Å². The first kappa shape index (κ1) is 12.0. The molecule has 15 heavy (non-hydrogen) atoms. The van der Waals surface area contributed by atoms with Crippen molar-refractivity contribution in [2.24, 2.45) is 11.8 Å². The maximum atomic E-state index is 12.0. The van der Waals surface area contributed by atoms with Crippen molar-refractivity contribution in [1.82, 2.24) is 4.90 Å². The lowest BCUT2D eigenvalue weighted by molar-refractivity contribution is -0.136. The number of hydrogen-bond donors (Lipinski definition) is 0. The average molecular weight is 208 g/mol. The number of piperidine rings is 1. The van der Waals surface area contributed by atoms with Crippen molar-refractivity contribution in [2.45, 2.75) is 39.5 Å². The van der Waals surface area contributed by atoms with Crippen LogP contribution in [0.1, 0.15) is 39.5 Å². The van der Waals surface area contributed by atoms with Gasteiger partial charge in [0.1, 0.15) is 0 Å². The molecule has 1 amide bonds. The number of nitriles is 1. The van der Waals surface area contributed by atoms with E-state index in [4.69, 9.17) is 5.26 Å². The number of carbonyl (C=O) groups excluding carboxylic acids is 1. The van der Waals surface area contributed by atoms with E-state index in [-0.39, 0.29) is 17.7 Å². The van der Waals surface area contributed by atoms with Gasteiger partial charge in [-0.3, -0.25) is 4.79 Å². The molecule has 0 radical (unpaired) electrons. The zero-order valence-electron chi connectivity index (χ0n) is 9.70. The van der Waals surface area contributed by atoms with Crippen molar-refractivity contribution in [1.29, 1.82) is 5.26 Å². The molecule has 84 valence electrons. The standard InChI is InChI=1S/C12H20N2O/c1-3-5-10(2)12(15)14-7-4-6-11(8-13)9-14/h10-11H,3-7,9H2,1-2H3. The first-order valence-corrected chi connectivity index (χ1v) is 5.87. The Kier molecular flexibility index (Phi) is 4.61. The highest BCUT2D eigenvalue weighted by Gasteiger charge is 2.25. The van der Waals surface area contributed by atoms with Crippen LogP contribution >= 0.6 is 0 Å². The van der Waals surface area contributed by atoms with Crippen LogP contribution in [0, 0.1) is 23.2 Å². The molecular weight excluding hydrogens is 188 g/mol. The highest BCUT2D eigenvalue weighted by molar-refractivity contribution is 5.78. The molecule has 3 heteroatoms. The number of hydrogen-bond acceptors (Lipinski definition) is 2. The van der Waals surface area contributed by atoms with Gasteiger partial charge in [-0.1, -0.05) is 20.3 Å². The van der Waals surface area contributed by atoms with E-state index in [9.17, 15) is 4.79 Å². The largest absolute Gasteiger partial charge is 0.341 e. The SMILES string of the molecule is CCCC(C)C(=O)N1CCCC(C#N)C1. The molecule has 1 rings (SSSR count). The highest BCUT2D eigenvalue weighted by atomic mass is 16.2. The van der Waals surface area contributed by atoms with Gasteiger partial charge in [-0.25, -0.2) is 0 Å². The van der Waals surface area contributed by atoms with E-state index < -0.39 is 0 Å². The molecule has 0 bridgehead atoms. The minimum absolute atomic E-state index is 0.0523. The normalized spacial score (nSPS) is 23.3. The third kappa shape index (κ3) is 3.23. The second-order valence-electron chi connectivity index (χ2n) is 4.44. The fourth-order valence-corrected chi connectivity index (χ4v) is 2.15. The van der Waals surface area contributed by atoms with Crippen LogP contribution in [0.3, 0.4) is 0 Å². The summed E-state index contributed by atoms with van der Waals surface area (Å²) >= 11 is 0. The zero-order valence-corrected chi connectivity index (χ0v) is 9.70. The number of rotatable bonds is 3.